The van der Waals surface area contributed by atoms with Gasteiger partial charge in [0.05, 0.1) is 41.6 Å². The molecule has 5 aliphatic rings. The molecule has 1 unspecified atom stereocenters. The highest BCUT2D eigenvalue weighted by Gasteiger charge is 2.50. The number of carbonyl (C=O) groups is 10. The number of ketones is 3. The Kier molecular flexibility index (Phi) is 17.0. The van der Waals surface area contributed by atoms with Crippen LogP contribution >= 0.6 is 0 Å². The van der Waals surface area contributed by atoms with Gasteiger partial charge in [0.2, 0.25) is 17.7 Å². The summed E-state index contributed by atoms with van der Waals surface area (Å²) in [5.74, 6) is -5.45. The number of esters is 2. The Morgan fingerprint density at radius 1 is 0.908 bits per heavy atom. The molecule has 0 radical (unpaired) electrons. The largest absolute Gasteiger partial charge is 0.387 e. The molecule has 0 fully saturated rings. The predicted octanol–water partition coefficient (Wildman–Crippen LogP) is 3.90. The average Bonchev–Trinajstić information content (AvgIpc) is 4.01. The molecule has 4 atom stereocenters. The van der Waals surface area contributed by atoms with E-state index in [0.717, 1.165) is 50.0 Å². The molecule has 4 aliphatic heterocycles. The zero-order valence-corrected chi connectivity index (χ0v) is 43.3. The van der Waals surface area contributed by atoms with Gasteiger partial charge in [-0.2, -0.15) is 0 Å². The van der Waals surface area contributed by atoms with E-state index in [-0.39, 0.29) is 124 Å². The number of unbranched alkanes of at least 4 members (excludes halogenated alkanes) is 1. The van der Waals surface area contributed by atoms with Gasteiger partial charge in [0.15, 0.2) is 23.0 Å². The van der Waals surface area contributed by atoms with Gasteiger partial charge in [0.1, 0.15) is 13.3 Å². The van der Waals surface area contributed by atoms with Crippen LogP contribution < -0.4 is 16.0 Å². The predicted molar refractivity (Wildman–Crippen MR) is 275 cm³/mol. The number of imide groups is 1. The number of hydrogen-bond donors (Lipinski definition) is 4. The molecule has 19 heteroatoms. The summed E-state index contributed by atoms with van der Waals surface area (Å²) in [5.41, 5.74) is 6.72. The first-order valence-electron chi connectivity index (χ1n) is 26.1. The normalized spacial score (nSPS) is 19.2. The molecule has 5 amide bonds. The summed E-state index contributed by atoms with van der Waals surface area (Å²) in [6.45, 7) is 7.43. The van der Waals surface area contributed by atoms with Gasteiger partial charge in [-0.3, -0.25) is 43.3 Å². The third kappa shape index (κ3) is 11.9. The molecule has 3 aromatic rings. The number of carbonyl (C=O) groups excluding carboxylic acids is 10. The van der Waals surface area contributed by atoms with Crippen molar-refractivity contribution in [2.45, 2.75) is 129 Å². The second-order valence-corrected chi connectivity index (χ2v) is 20.4. The van der Waals surface area contributed by atoms with Gasteiger partial charge in [0, 0.05) is 79.8 Å². The minimum absolute atomic E-state index is 0.0138. The van der Waals surface area contributed by atoms with Crippen molar-refractivity contribution in [1.82, 2.24) is 30.7 Å². The Bertz CT molecular complexity index is 3000. The maximum Gasteiger partial charge on any atom is 0.350 e. The molecule has 76 heavy (non-hydrogen) atoms. The highest BCUT2D eigenvalue weighted by Crippen LogP contribution is 2.49. The smallest absolute Gasteiger partial charge is 0.350 e. The summed E-state index contributed by atoms with van der Waals surface area (Å²) in [6.07, 6.45) is 6.65. The lowest BCUT2D eigenvalue weighted by Crippen LogP contribution is -2.49. The summed E-state index contributed by atoms with van der Waals surface area (Å²) < 4.78 is 10.6. The standard InChI is InChI=1S/C57H64N6O13/c1-5-57(74)42-26-45-53-41(29-62(45)28-40(42)55(72)76-56(57)73)51-36(14-16-39-34(4)33(3)23-44(61-53)52(39)51)25-38(65)30-75-31-59-47(67)19-17-46(66)43(24-35-12-7-6-8-13-35)60-48(68)18-15-37(64)27-58-54(71)32(2)11-9-10-22-63-49(69)20-21-50(63)70/h6-8,12-13,20-21,23,26,32,36,43,74H,5,9-11,14-19,22,24-25,27-31H2,1-4H3,(H,58,71)(H,59,67)(H,60,68)/t32?,36-,43+,57+/m1/s1. The summed E-state index contributed by atoms with van der Waals surface area (Å²) in [7, 11) is 0. The number of aryl methyl sites for hydroxylation is 2. The molecule has 1 aliphatic carbocycles. The van der Waals surface area contributed by atoms with Crippen molar-refractivity contribution >= 4 is 75.4 Å². The van der Waals surface area contributed by atoms with Crippen LogP contribution in [0.25, 0.3) is 16.6 Å². The Hall–Kier alpha value is -7.51. The number of benzene rings is 2. The number of cyclic esters (lactones) is 2. The molecule has 2 aromatic carbocycles. The van der Waals surface area contributed by atoms with Crippen LogP contribution in [0, 0.1) is 19.8 Å². The van der Waals surface area contributed by atoms with Crippen LogP contribution in [0.2, 0.25) is 0 Å². The second kappa shape index (κ2) is 23.6. The van der Waals surface area contributed by atoms with Crippen molar-refractivity contribution in [3.05, 3.63) is 105 Å². The third-order valence-corrected chi connectivity index (χ3v) is 15.3. The molecule has 0 bridgehead atoms. The fourth-order valence-electron chi connectivity index (χ4n) is 10.8. The summed E-state index contributed by atoms with van der Waals surface area (Å²) >= 11 is 0. The van der Waals surface area contributed by atoms with Crippen molar-refractivity contribution in [2.75, 3.05) is 33.0 Å². The number of aliphatic hydroxyl groups is 1. The van der Waals surface area contributed by atoms with Crippen LogP contribution in [0.3, 0.4) is 0 Å². The van der Waals surface area contributed by atoms with Crippen molar-refractivity contribution in [3.8, 4) is 0 Å². The summed E-state index contributed by atoms with van der Waals surface area (Å²) in [5, 5.41) is 20.4. The molecule has 5 heterocycles. The molecule has 0 saturated carbocycles. The topological polar surface area (TPSA) is 265 Å². The number of fused-ring (bicyclic) bond motifs is 4. The van der Waals surface area contributed by atoms with Crippen molar-refractivity contribution in [1.29, 1.82) is 0 Å². The maximum absolute atomic E-state index is 13.7. The first-order chi connectivity index (χ1) is 36.4. The van der Waals surface area contributed by atoms with Crippen LogP contribution in [0.15, 0.2) is 65.8 Å². The Morgan fingerprint density at radius 3 is 2.38 bits per heavy atom. The lowest BCUT2D eigenvalue weighted by molar-refractivity contribution is -0.172. The van der Waals surface area contributed by atoms with Crippen LogP contribution in [-0.2, 0) is 76.8 Å². The van der Waals surface area contributed by atoms with E-state index in [0.29, 0.717) is 43.6 Å². The first kappa shape index (κ1) is 54.7. The number of rotatable bonds is 25. The summed E-state index contributed by atoms with van der Waals surface area (Å²) in [4.78, 5) is 136. The lowest BCUT2D eigenvalue weighted by Gasteiger charge is -2.36. The van der Waals surface area contributed by atoms with Gasteiger partial charge in [-0.1, -0.05) is 50.6 Å². The van der Waals surface area contributed by atoms with Gasteiger partial charge >= 0.3 is 11.9 Å². The van der Waals surface area contributed by atoms with Crippen molar-refractivity contribution < 1.29 is 62.5 Å². The van der Waals surface area contributed by atoms with Crippen LogP contribution in [0.5, 0.6) is 0 Å². The fourth-order valence-corrected chi connectivity index (χ4v) is 10.8. The quantitative estimate of drug-likeness (QED) is 0.0308. The first-order valence-corrected chi connectivity index (χ1v) is 26.1. The van der Waals surface area contributed by atoms with E-state index in [1.54, 1.807) is 44.2 Å². The molecule has 4 N–H and O–H groups in total. The Morgan fingerprint density at radius 2 is 1.64 bits per heavy atom. The highest BCUT2D eigenvalue weighted by molar-refractivity contribution is 6.13. The molecular weight excluding hydrogens is 977 g/mol. The van der Waals surface area contributed by atoms with E-state index in [1.807, 2.05) is 24.0 Å². The molecule has 0 spiro atoms. The zero-order chi connectivity index (χ0) is 54.4. The van der Waals surface area contributed by atoms with E-state index >= 15 is 0 Å². The molecule has 1 aromatic heterocycles. The number of pyridine rings is 1. The van der Waals surface area contributed by atoms with E-state index in [9.17, 15) is 53.1 Å². The fraction of sp³-hybridized carbons (Fsp3) is 0.456. The van der Waals surface area contributed by atoms with Crippen molar-refractivity contribution in [2.24, 2.45) is 5.92 Å². The number of amides is 5. The van der Waals surface area contributed by atoms with Gasteiger partial charge in [-0.25, -0.2) is 14.6 Å². The van der Waals surface area contributed by atoms with E-state index in [4.69, 9.17) is 14.5 Å². The molecule has 19 nitrogen and oxygen atoms in total. The van der Waals surface area contributed by atoms with E-state index in [2.05, 4.69) is 22.9 Å². The van der Waals surface area contributed by atoms with Crippen molar-refractivity contribution in [3.63, 3.8) is 0 Å². The van der Waals surface area contributed by atoms with Gasteiger partial charge in [-0.05, 0) is 98.2 Å². The van der Waals surface area contributed by atoms with Gasteiger partial charge < -0.3 is 35.4 Å². The van der Waals surface area contributed by atoms with Crippen LogP contribution in [0.4, 0.5) is 0 Å². The number of ether oxygens (including phenoxy) is 2. The third-order valence-electron chi connectivity index (χ3n) is 15.3. The summed E-state index contributed by atoms with van der Waals surface area (Å²) in [6, 6.07) is 10.1. The minimum Gasteiger partial charge on any atom is -0.387 e. The SMILES string of the molecule is CC[C@@]1(O)C(=O)OC(=O)C2=C1C=C1c3nc4cc(C)c(C)c5c4c(c3CN1C2)[C@@H](CC(=O)COCNC(=O)CCC(=O)[C@H](Cc1ccccc1)NC(=O)CCC(=O)CNC(=O)C(C)CCCCN1C(=O)C=CC1=O)CC5. The van der Waals surface area contributed by atoms with Crippen LogP contribution in [-0.4, -0.2) is 123 Å². The Labute approximate surface area is 439 Å². The lowest BCUT2D eigenvalue weighted by atomic mass is 9.76. The second-order valence-electron chi connectivity index (χ2n) is 20.4. The minimum atomic E-state index is -1.98. The monoisotopic (exact) mass is 1040 g/mol. The van der Waals surface area contributed by atoms with Crippen LogP contribution in [0.1, 0.15) is 123 Å². The number of hydrogen-bond acceptors (Lipinski definition) is 15. The van der Waals surface area contributed by atoms with Gasteiger partial charge in [-0.15, -0.1) is 0 Å². The van der Waals surface area contributed by atoms with E-state index < -0.39 is 47.1 Å². The molecule has 8 rings (SSSR count). The average molecular weight is 1040 g/mol. The number of aromatic nitrogens is 1. The molecular formula is C57H64N6O13. The van der Waals surface area contributed by atoms with E-state index in [1.165, 1.54) is 17.7 Å². The number of nitrogens with zero attached hydrogens (tertiary/aromatic N) is 3. The molecule has 0 saturated heterocycles. The number of Topliss-reactive ketones (excluding diaryl/α,β-unsaturated/α-hetero) is 3. The maximum atomic E-state index is 13.7. The molecule has 400 valence electrons. The Balaban J connectivity index is 0.802. The highest BCUT2D eigenvalue weighted by atomic mass is 16.6. The zero-order valence-electron chi connectivity index (χ0n) is 43.3. The number of nitrogens with one attached hydrogen (secondary N) is 3. The van der Waals surface area contributed by atoms with Gasteiger partial charge in [0.25, 0.3) is 11.8 Å².